The lowest BCUT2D eigenvalue weighted by atomic mass is 10.3. The van der Waals surface area contributed by atoms with Gasteiger partial charge in [0.1, 0.15) is 0 Å². The highest BCUT2D eigenvalue weighted by Crippen LogP contribution is 2.04. The maximum Gasteiger partial charge on any atom is 0.317 e. The van der Waals surface area contributed by atoms with Gasteiger partial charge in [-0.3, -0.25) is 9.69 Å². The van der Waals surface area contributed by atoms with Gasteiger partial charge in [-0.1, -0.05) is 0 Å². The van der Waals surface area contributed by atoms with Gasteiger partial charge in [0.2, 0.25) is 0 Å². The zero-order valence-corrected chi connectivity index (χ0v) is 9.69. The summed E-state index contributed by atoms with van der Waals surface area (Å²) in [6.45, 7) is 4.95. The van der Waals surface area contributed by atoms with Crippen molar-refractivity contribution in [1.29, 1.82) is 0 Å². The molecule has 1 heterocycles. The smallest absolute Gasteiger partial charge is 0.317 e. The Kier molecular flexibility index (Phi) is 5.91. The van der Waals surface area contributed by atoms with Crippen LogP contribution < -0.4 is 0 Å². The van der Waals surface area contributed by atoms with Crippen LogP contribution in [0.4, 0.5) is 0 Å². The highest BCUT2D eigenvalue weighted by Gasteiger charge is 2.15. The number of hydrogen-bond donors (Lipinski definition) is 1. The molecule has 0 amide bonds. The molecule has 0 atom stereocenters. The van der Waals surface area contributed by atoms with Crippen molar-refractivity contribution < 1.29 is 9.90 Å². The van der Waals surface area contributed by atoms with E-state index >= 15 is 0 Å². The Morgan fingerprint density at radius 3 is 2.62 bits per heavy atom. The number of hydrogen-bond acceptors (Lipinski definition) is 3. The fourth-order valence-corrected chi connectivity index (χ4v) is 2.00. The fraction of sp³-hybridized carbons (Fsp3) is 0.750. The molecule has 1 N–H and O–H groups in total. The summed E-state index contributed by atoms with van der Waals surface area (Å²) >= 11 is 0. The highest BCUT2D eigenvalue weighted by molar-refractivity contribution is 5.69. The third-order valence-electron chi connectivity index (χ3n) is 2.84. The molecule has 1 aliphatic heterocycles. The first-order valence-corrected chi connectivity index (χ1v) is 5.82. The second-order valence-corrected chi connectivity index (χ2v) is 4.17. The van der Waals surface area contributed by atoms with E-state index in [2.05, 4.69) is 10.8 Å². The van der Waals surface area contributed by atoms with E-state index in [1.807, 2.05) is 4.90 Å². The summed E-state index contributed by atoms with van der Waals surface area (Å²) < 4.78 is 0. The second-order valence-electron chi connectivity index (χ2n) is 4.17. The maximum atomic E-state index is 10.6. The van der Waals surface area contributed by atoms with Crippen LogP contribution in [-0.4, -0.2) is 60.1 Å². The Hall–Kier alpha value is -1.05. The van der Waals surface area contributed by atoms with Crippen molar-refractivity contribution in [1.82, 2.24) is 9.80 Å². The molecular weight excluding hydrogens is 204 g/mol. The standard InChI is InChI=1S/C12H20N2O2/c1-2-3-4-6-13-7-5-8-14(10-9-13)11-12(15)16/h1H,3-11H2,(H,15,16). The van der Waals surface area contributed by atoms with Crippen LogP contribution in [0.2, 0.25) is 0 Å². The molecule has 0 saturated carbocycles. The summed E-state index contributed by atoms with van der Waals surface area (Å²) in [6, 6.07) is 0. The lowest BCUT2D eigenvalue weighted by Gasteiger charge is -2.20. The van der Waals surface area contributed by atoms with Crippen molar-refractivity contribution in [3.8, 4) is 12.3 Å². The fourth-order valence-electron chi connectivity index (χ4n) is 2.00. The van der Waals surface area contributed by atoms with E-state index in [-0.39, 0.29) is 6.54 Å². The molecule has 0 aromatic carbocycles. The zero-order valence-electron chi connectivity index (χ0n) is 9.69. The van der Waals surface area contributed by atoms with Crippen LogP contribution in [0.1, 0.15) is 19.3 Å². The van der Waals surface area contributed by atoms with Gasteiger partial charge in [-0.2, -0.15) is 0 Å². The zero-order chi connectivity index (χ0) is 11.8. The van der Waals surface area contributed by atoms with E-state index in [1.54, 1.807) is 0 Å². The van der Waals surface area contributed by atoms with Crippen LogP contribution >= 0.6 is 0 Å². The molecule has 1 saturated heterocycles. The van der Waals surface area contributed by atoms with Gasteiger partial charge in [-0.05, 0) is 25.9 Å². The number of carboxylic acid groups (broad SMARTS) is 1. The monoisotopic (exact) mass is 224 g/mol. The number of rotatable bonds is 5. The van der Waals surface area contributed by atoms with Crippen molar-refractivity contribution >= 4 is 5.97 Å². The Labute approximate surface area is 97.2 Å². The van der Waals surface area contributed by atoms with Crippen molar-refractivity contribution in [2.75, 3.05) is 39.3 Å². The SMILES string of the molecule is C#CCCCN1CCCN(CC(=O)O)CC1. The average molecular weight is 224 g/mol. The van der Waals surface area contributed by atoms with Crippen LogP contribution in [0, 0.1) is 12.3 Å². The summed E-state index contributed by atoms with van der Waals surface area (Å²) in [5, 5.41) is 8.72. The Morgan fingerprint density at radius 2 is 1.94 bits per heavy atom. The minimum atomic E-state index is -0.735. The van der Waals surface area contributed by atoms with E-state index in [1.165, 1.54) is 0 Å². The maximum absolute atomic E-state index is 10.6. The number of terminal acetylenes is 1. The van der Waals surface area contributed by atoms with E-state index < -0.39 is 5.97 Å². The molecule has 0 aromatic rings. The molecule has 16 heavy (non-hydrogen) atoms. The molecule has 0 unspecified atom stereocenters. The Balaban J connectivity index is 2.24. The average Bonchev–Trinajstić information content (AvgIpc) is 2.44. The lowest BCUT2D eigenvalue weighted by molar-refractivity contribution is -0.138. The summed E-state index contributed by atoms with van der Waals surface area (Å²) in [5.41, 5.74) is 0. The van der Waals surface area contributed by atoms with Crippen molar-refractivity contribution in [3.05, 3.63) is 0 Å². The van der Waals surface area contributed by atoms with E-state index in [9.17, 15) is 4.79 Å². The molecule has 1 aliphatic rings. The largest absolute Gasteiger partial charge is 0.480 e. The molecular formula is C12H20N2O2. The van der Waals surface area contributed by atoms with Gasteiger partial charge in [-0.25, -0.2) is 0 Å². The first-order valence-electron chi connectivity index (χ1n) is 5.82. The molecule has 4 heteroatoms. The minimum absolute atomic E-state index is 0.165. The number of carboxylic acids is 1. The molecule has 0 bridgehead atoms. The van der Waals surface area contributed by atoms with Crippen molar-refractivity contribution in [2.45, 2.75) is 19.3 Å². The summed E-state index contributed by atoms with van der Waals surface area (Å²) in [5.74, 6) is 1.91. The molecule has 0 aromatic heterocycles. The van der Waals surface area contributed by atoms with Gasteiger partial charge >= 0.3 is 5.97 Å². The number of unbranched alkanes of at least 4 members (excludes halogenated alkanes) is 1. The van der Waals surface area contributed by atoms with Crippen LogP contribution in [0.25, 0.3) is 0 Å². The molecule has 0 aliphatic carbocycles. The van der Waals surface area contributed by atoms with Crippen LogP contribution in [-0.2, 0) is 4.79 Å². The van der Waals surface area contributed by atoms with E-state index in [0.29, 0.717) is 0 Å². The molecule has 1 rings (SSSR count). The lowest BCUT2D eigenvalue weighted by Crippen LogP contribution is -2.34. The van der Waals surface area contributed by atoms with Gasteiger partial charge in [-0.15, -0.1) is 12.3 Å². The second kappa shape index (κ2) is 7.26. The molecule has 90 valence electrons. The van der Waals surface area contributed by atoms with Gasteiger partial charge < -0.3 is 10.0 Å². The van der Waals surface area contributed by atoms with E-state index in [0.717, 1.165) is 52.0 Å². The molecule has 1 fully saturated rings. The first kappa shape index (κ1) is 13.0. The van der Waals surface area contributed by atoms with Gasteiger partial charge in [0, 0.05) is 26.1 Å². The third-order valence-corrected chi connectivity index (χ3v) is 2.84. The number of nitrogens with zero attached hydrogens (tertiary/aromatic N) is 2. The van der Waals surface area contributed by atoms with Crippen LogP contribution in [0.15, 0.2) is 0 Å². The quantitative estimate of drug-likeness (QED) is 0.545. The summed E-state index contributed by atoms with van der Waals surface area (Å²) in [4.78, 5) is 15.0. The first-order chi connectivity index (χ1) is 7.72. The molecule has 0 radical (unpaired) electrons. The third kappa shape index (κ3) is 5.15. The minimum Gasteiger partial charge on any atom is -0.480 e. The highest BCUT2D eigenvalue weighted by atomic mass is 16.4. The molecule has 0 spiro atoms. The van der Waals surface area contributed by atoms with Crippen LogP contribution in [0.5, 0.6) is 0 Å². The predicted octanol–water partition coefficient (Wildman–Crippen LogP) is 0.492. The van der Waals surface area contributed by atoms with Crippen molar-refractivity contribution in [3.63, 3.8) is 0 Å². The summed E-state index contributed by atoms with van der Waals surface area (Å²) in [6.07, 6.45) is 8.12. The normalized spacial score (nSPS) is 18.9. The predicted molar refractivity (Wildman–Crippen MR) is 63.2 cm³/mol. The Morgan fingerprint density at radius 1 is 1.25 bits per heavy atom. The summed E-state index contributed by atoms with van der Waals surface area (Å²) in [7, 11) is 0. The van der Waals surface area contributed by atoms with Gasteiger partial charge in [0.15, 0.2) is 0 Å². The number of carbonyl (C=O) groups is 1. The number of aliphatic carboxylic acids is 1. The Bertz CT molecular complexity index is 260. The van der Waals surface area contributed by atoms with Crippen LogP contribution in [0.3, 0.4) is 0 Å². The molecule has 4 nitrogen and oxygen atoms in total. The van der Waals surface area contributed by atoms with E-state index in [4.69, 9.17) is 11.5 Å². The van der Waals surface area contributed by atoms with Crippen molar-refractivity contribution in [2.24, 2.45) is 0 Å². The topological polar surface area (TPSA) is 43.8 Å². The van der Waals surface area contributed by atoms with Gasteiger partial charge in [0.25, 0.3) is 0 Å². The van der Waals surface area contributed by atoms with Gasteiger partial charge in [0.05, 0.1) is 6.54 Å².